The third-order valence-electron chi connectivity index (χ3n) is 4.87. The van der Waals surface area contributed by atoms with Gasteiger partial charge in [0.1, 0.15) is 18.1 Å². The lowest BCUT2D eigenvalue weighted by atomic mass is 10.1. The molecule has 0 saturated carbocycles. The zero-order valence-electron chi connectivity index (χ0n) is 16.5. The number of rotatable bonds is 6. The first-order chi connectivity index (χ1) is 15.3. The summed E-state index contributed by atoms with van der Waals surface area (Å²) in [5, 5.41) is 11.3. The van der Waals surface area contributed by atoms with Crippen LogP contribution in [-0.4, -0.2) is 25.0 Å². The number of H-pyrrole nitrogens is 2. The summed E-state index contributed by atoms with van der Waals surface area (Å²) >= 11 is 0. The van der Waals surface area contributed by atoms with Crippen LogP contribution in [0.3, 0.4) is 0 Å². The first-order valence-corrected chi connectivity index (χ1v) is 9.83. The fourth-order valence-corrected chi connectivity index (χ4v) is 3.32. The fraction of sp³-hybridized carbons (Fsp3) is 0.0417. The van der Waals surface area contributed by atoms with Crippen LogP contribution in [0.15, 0.2) is 95.9 Å². The Kier molecular flexibility index (Phi) is 4.90. The van der Waals surface area contributed by atoms with Crippen LogP contribution >= 0.6 is 0 Å². The minimum atomic E-state index is -0.363. The summed E-state index contributed by atoms with van der Waals surface area (Å²) in [5.41, 5.74) is 3.98. The third-order valence-corrected chi connectivity index (χ3v) is 4.87. The summed E-state index contributed by atoms with van der Waals surface area (Å²) in [6.07, 6.45) is 1.86. The molecule has 0 aliphatic carbocycles. The summed E-state index contributed by atoms with van der Waals surface area (Å²) in [6, 6.07) is 27.5. The lowest BCUT2D eigenvalue weighted by molar-refractivity contribution is 0.306. The predicted molar refractivity (Wildman–Crippen MR) is 118 cm³/mol. The summed E-state index contributed by atoms with van der Waals surface area (Å²) in [7, 11) is 0. The van der Waals surface area contributed by atoms with E-state index in [0.717, 1.165) is 28.1 Å². The van der Waals surface area contributed by atoms with Crippen molar-refractivity contribution in [1.29, 1.82) is 0 Å². The number of hydrogen-bond donors (Lipinski definition) is 2. The number of aromatic nitrogens is 5. The van der Waals surface area contributed by atoms with Crippen LogP contribution in [0.25, 0.3) is 28.3 Å². The highest BCUT2D eigenvalue weighted by molar-refractivity contribution is 5.77. The molecule has 0 atom stereocenters. The van der Waals surface area contributed by atoms with Gasteiger partial charge in [-0.3, -0.25) is 4.98 Å². The normalized spacial score (nSPS) is 10.8. The highest BCUT2D eigenvalue weighted by atomic mass is 16.5. The minimum Gasteiger partial charge on any atom is -0.489 e. The predicted octanol–water partition coefficient (Wildman–Crippen LogP) is 4.20. The highest BCUT2D eigenvalue weighted by Gasteiger charge is 2.17. The van der Waals surface area contributed by atoms with Gasteiger partial charge in [0.2, 0.25) is 0 Å². The van der Waals surface area contributed by atoms with Crippen molar-refractivity contribution in [1.82, 2.24) is 25.0 Å². The molecule has 0 radical (unpaired) electrons. The van der Waals surface area contributed by atoms with E-state index in [-0.39, 0.29) is 5.69 Å². The van der Waals surface area contributed by atoms with Crippen molar-refractivity contribution >= 4 is 0 Å². The summed E-state index contributed by atoms with van der Waals surface area (Å²) in [4.78, 5) is 14.3. The van der Waals surface area contributed by atoms with E-state index in [0.29, 0.717) is 18.1 Å². The topological polar surface area (TPSA) is 88.6 Å². The Balaban J connectivity index is 1.47. The standard InChI is InChI=1S/C24H19N5O2/c30-24-25-23(26-27-24)21-15-29(19-9-5-2-6-10-19)28-22(21)18-11-13-20(14-12-18)31-16-17-7-3-1-4-8-17/h1-15H,16H2,(H2,25,26,27,30). The van der Waals surface area contributed by atoms with Gasteiger partial charge in [0.15, 0.2) is 5.82 Å². The molecule has 152 valence electrons. The zero-order chi connectivity index (χ0) is 21.0. The average molecular weight is 409 g/mol. The fourth-order valence-electron chi connectivity index (χ4n) is 3.32. The van der Waals surface area contributed by atoms with Crippen molar-refractivity contribution < 1.29 is 4.74 Å². The summed E-state index contributed by atoms with van der Waals surface area (Å²) < 4.78 is 7.66. The molecule has 0 aliphatic rings. The van der Waals surface area contributed by atoms with E-state index in [2.05, 4.69) is 15.2 Å². The molecule has 0 unspecified atom stereocenters. The van der Waals surface area contributed by atoms with Gasteiger partial charge in [-0.1, -0.05) is 48.5 Å². The van der Waals surface area contributed by atoms with Crippen LogP contribution in [0, 0.1) is 0 Å². The zero-order valence-corrected chi connectivity index (χ0v) is 16.5. The summed E-state index contributed by atoms with van der Waals surface area (Å²) in [6.45, 7) is 0.503. The van der Waals surface area contributed by atoms with Crippen molar-refractivity contribution in [2.75, 3.05) is 0 Å². The Hall–Kier alpha value is -4.39. The second-order valence-electron chi connectivity index (χ2n) is 7.00. The Morgan fingerprint density at radius 1 is 0.871 bits per heavy atom. The number of para-hydroxylation sites is 1. The van der Waals surface area contributed by atoms with Gasteiger partial charge in [0, 0.05) is 11.8 Å². The highest BCUT2D eigenvalue weighted by Crippen LogP contribution is 2.31. The molecule has 31 heavy (non-hydrogen) atoms. The van der Waals surface area contributed by atoms with Crippen molar-refractivity contribution in [2.45, 2.75) is 6.61 Å². The molecule has 0 spiro atoms. The van der Waals surface area contributed by atoms with E-state index >= 15 is 0 Å². The van der Waals surface area contributed by atoms with Crippen molar-refractivity contribution in [3.63, 3.8) is 0 Å². The van der Waals surface area contributed by atoms with Gasteiger partial charge < -0.3 is 4.74 Å². The first kappa shape index (κ1) is 18.6. The molecule has 3 aromatic carbocycles. The van der Waals surface area contributed by atoms with E-state index in [4.69, 9.17) is 9.84 Å². The molecule has 0 aliphatic heterocycles. The van der Waals surface area contributed by atoms with Crippen LogP contribution in [0.4, 0.5) is 0 Å². The number of nitrogens with one attached hydrogen (secondary N) is 2. The maximum Gasteiger partial charge on any atom is 0.340 e. The first-order valence-electron chi connectivity index (χ1n) is 9.83. The molecular weight excluding hydrogens is 390 g/mol. The van der Waals surface area contributed by atoms with Gasteiger partial charge in [0.25, 0.3) is 0 Å². The molecule has 2 N–H and O–H groups in total. The second-order valence-corrected chi connectivity index (χ2v) is 7.00. The number of ether oxygens (including phenoxy) is 1. The molecule has 7 nitrogen and oxygen atoms in total. The van der Waals surface area contributed by atoms with Gasteiger partial charge in [0.05, 0.1) is 11.3 Å². The van der Waals surface area contributed by atoms with E-state index in [9.17, 15) is 4.79 Å². The molecule has 2 heterocycles. The largest absolute Gasteiger partial charge is 0.489 e. The lowest BCUT2D eigenvalue weighted by Crippen LogP contribution is -2.00. The van der Waals surface area contributed by atoms with Crippen molar-refractivity contribution in [2.24, 2.45) is 0 Å². The Morgan fingerprint density at radius 3 is 2.26 bits per heavy atom. The van der Waals surface area contributed by atoms with E-state index in [1.807, 2.05) is 91.1 Å². The van der Waals surface area contributed by atoms with E-state index in [1.165, 1.54) is 0 Å². The summed E-state index contributed by atoms with van der Waals surface area (Å²) in [5.74, 6) is 1.21. The molecule has 0 fully saturated rings. The Bertz CT molecular complexity index is 1340. The minimum absolute atomic E-state index is 0.363. The molecule has 7 heteroatoms. The van der Waals surface area contributed by atoms with Gasteiger partial charge in [-0.25, -0.2) is 14.6 Å². The molecule has 5 aromatic rings. The number of aromatic amines is 2. The van der Waals surface area contributed by atoms with Crippen LogP contribution in [0.1, 0.15) is 5.56 Å². The van der Waals surface area contributed by atoms with Crippen LogP contribution in [-0.2, 0) is 6.61 Å². The number of benzene rings is 3. The van der Waals surface area contributed by atoms with Gasteiger partial charge in [-0.15, -0.1) is 0 Å². The van der Waals surface area contributed by atoms with Crippen LogP contribution < -0.4 is 10.4 Å². The Labute approximate surface area is 178 Å². The quantitative estimate of drug-likeness (QED) is 0.440. The number of hydrogen-bond acceptors (Lipinski definition) is 4. The number of nitrogens with zero attached hydrogens (tertiary/aromatic N) is 3. The smallest absolute Gasteiger partial charge is 0.340 e. The molecule has 0 bridgehead atoms. The molecular formula is C24H19N5O2. The third kappa shape index (κ3) is 4.02. The van der Waals surface area contributed by atoms with Crippen LogP contribution in [0.5, 0.6) is 5.75 Å². The van der Waals surface area contributed by atoms with E-state index in [1.54, 1.807) is 4.68 Å². The van der Waals surface area contributed by atoms with E-state index < -0.39 is 0 Å². The maximum absolute atomic E-state index is 11.6. The molecule has 2 aromatic heterocycles. The van der Waals surface area contributed by atoms with Crippen LogP contribution in [0.2, 0.25) is 0 Å². The van der Waals surface area contributed by atoms with Crippen molar-refractivity contribution in [3.8, 4) is 34.1 Å². The average Bonchev–Trinajstić information content (AvgIpc) is 3.46. The Morgan fingerprint density at radius 2 is 1.58 bits per heavy atom. The van der Waals surface area contributed by atoms with Crippen molar-refractivity contribution in [3.05, 3.63) is 107 Å². The molecule has 5 rings (SSSR count). The molecule has 0 amide bonds. The lowest BCUT2D eigenvalue weighted by Gasteiger charge is -2.07. The van der Waals surface area contributed by atoms with Gasteiger partial charge in [-0.2, -0.15) is 10.2 Å². The van der Waals surface area contributed by atoms with Gasteiger partial charge >= 0.3 is 5.69 Å². The maximum atomic E-state index is 11.6. The molecule has 0 saturated heterocycles. The monoisotopic (exact) mass is 409 g/mol. The second kappa shape index (κ2) is 8.16. The van der Waals surface area contributed by atoms with Gasteiger partial charge in [-0.05, 0) is 42.0 Å². The SMILES string of the molecule is O=c1[nH]nc(-c2cn(-c3ccccc3)nc2-c2ccc(OCc3ccccc3)cc2)[nH]1.